The first-order valence-corrected chi connectivity index (χ1v) is 4.79. The number of halogens is 1. The molecular formula is C8H6FNO2S. The number of thioether (sulfide) groups is 1. The SMILES string of the molecule is CSc1cc2oc(=O)[nH]c2cc1F. The molecule has 1 N–H and O–H groups in total. The summed E-state index contributed by atoms with van der Waals surface area (Å²) in [5, 5.41) is 0. The van der Waals surface area contributed by atoms with E-state index in [0.29, 0.717) is 16.0 Å². The molecule has 5 heteroatoms. The average Bonchev–Trinajstić information content (AvgIpc) is 2.42. The van der Waals surface area contributed by atoms with Crippen LogP contribution in [0.4, 0.5) is 4.39 Å². The van der Waals surface area contributed by atoms with Gasteiger partial charge in [0.15, 0.2) is 5.58 Å². The highest BCUT2D eigenvalue weighted by molar-refractivity contribution is 7.98. The maximum atomic E-state index is 13.1. The van der Waals surface area contributed by atoms with Gasteiger partial charge >= 0.3 is 5.76 Å². The molecule has 0 amide bonds. The molecule has 3 nitrogen and oxygen atoms in total. The maximum absolute atomic E-state index is 13.1. The number of rotatable bonds is 1. The first kappa shape index (κ1) is 8.37. The Hall–Kier alpha value is -1.23. The number of nitrogens with one attached hydrogen (secondary N) is 1. The highest BCUT2D eigenvalue weighted by atomic mass is 32.2. The van der Waals surface area contributed by atoms with Gasteiger partial charge in [-0.1, -0.05) is 0 Å². The topological polar surface area (TPSA) is 46.0 Å². The fourth-order valence-electron chi connectivity index (χ4n) is 1.11. The van der Waals surface area contributed by atoms with Crippen LogP contribution in [0.1, 0.15) is 0 Å². The largest absolute Gasteiger partial charge is 0.417 e. The second kappa shape index (κ2) is 2.92. The molecular weight excluding hydrogens is 193 g/mol. The van der Waals surface area contributed by atoms with Crippen LogP contribution in [-0.4, -0.2) is 11.2 Å². The molecule has 2 aromatic rings. The van der Waals surface area contributed by atoms with Gasteiger partial charge in [0, 0.05) is 11.0 Å². The summed E-state index contributed by atoms with van der Waals surface area (Å²) in [6, 6.07) is 2.76. The Kier molecular flexibility index (Phi) is 1.88. The van der Waals surface area contributed by atoms with Crippen LogP contribution in [0.5, 0.6) is 0 Å². The Bertz CT molecular complexity index is 502. The van der Waals surface area contributed by atoms with Crippen molar-refractivity contribution in [2.24, 2.45) is 0 Å². The molecule has 0 fully saturated rings. The number of aromatic nitrogens is 1. The molecule has 0 aliphatic carbocycles. The summed E-state index contributed by atoms with van der Waals surface area (Å²) in [6.07, 6.45) is 1.76. The van der Waals surface area contributed by atoms with E-state index in [1.165, 1.54) is 23.9 Å². The minimum Gasteiger partial charge on any atom is -0.408 e. The van der Waals surface area contributed by atoms with Gasteiger partial charge in [-0.25, -0.2) is 9.18 Å². The molecule has 0 aliphatic heterocycles. The summed E-state index contributed by atoms with van der Waals surface area (Å²) < 4.78 is 17.9. The number of H-pyrrole nitrogens is 1. The molecule has 13 heavy (non-hydrogen) atoms. The van der Waals surface area contributed by atoms with Crippen LogP contribution >= 0.6 is 11.8 Å². The molecule has 1 aromatic carbocycles. The lowest BCUT2D eigenvalue weighted by Gasteiger charge is -1.96. The van der Waals surface area contributed by atoms with E-state index in [1.807, 2.05) is 0 Å². The molecule has 0 saturated heterocycles. The lowest BCUT2D eigenvalue weighted by atomic mass is 10.3. The third-order valence-electron chi connectivity index (χ3n) is 1.69. The zero-order valence-corrected chi connectivity index (χ0v) is 7.57. The van der Waals surface area contributed by atoms with Gasteiger partial charge in [-0.3, -0.25) is 4.98 Å². The fraction of sp³-hybridized carbons (Fsp3) is 0.125. The smallest absolute Gasteiger partial charge is 0.408 e. The van der Waals surface area contributed by atoms with E-state index in [4.69, 9.17) is 4.42 Å². The highest BCUT2D eigenvalue weighted by Gasteiger charge is 2.07. The lowest BCUT2D eigenvalue weighted by Crippen LogP contribution is -1.92. The van der Waals surface area contributed by atoms with Crippen molar-refractivity contribution in [3.63, 3.8) is 0 Å². The second-order valence-electron chi connectivity index (χ2n) is 2.50. The Labute approximate surface area is 76.9 Å². The van der Waals surface area contributed by atoms with Crippen molar-refractivity contribution in [2.75, 3.05) is 6.26 Å². The van der Waals surface area contributed by atoms with Crippen molar-refractivity contribution < 1.29 is 8.81 Å². The van der Waals surface area contributed by atoms with Gasteiger partial charge in [-0.2, -0.15) is 0 Å². The van der Waals surface area contributed by atoms with Crippen molar-refractivity contribution in [2.45, 2.75) is 4.90 Å². The first-order chi connectivity index (χ1) is 6.20. The molecule has 0 spiro atoms. The number of hydrogen-bond donors (Lipinski definition) is 1. The summed E-state index contributed by atoms with van der Waals surface area (Å²) in [7, 11) is 0. The first-order valence-electron chi connectivity index (χ1n) is 3.57. The van der Waals surface area contributed by atoms with Gasteiger partial charge < -0.3 is 4.42 Å². The molecule has 0 atom stereocenters. The van der Waals surface area contributed by atoms with Gasteiger partial charge in [0.1, 0.15) is 5.82 Å². The number of oxazole rings is 1. The summed E-state index contributed by atoms with van der Waals surface area (Å²) >= 11 is 1.27. The normalized spacial score (nSPS) is 10.9. The van der Waals surface area contributed by atoms with Crippen molar-refractivity contribution >= 4 is 22.9 Å². The van der Waals surface area contributed by atoms with E-state index in [1.54, 1.807) is 6.26 Å². The quantitative estimate of drug-likeness (QED) is 0.714. The van der Waals surface area contributed by atoms with Crippen LogP contribution in [0.15, 0.2) is 26.2 Å². The number of aromatic amines is 1. The van der Waals surface area contributed by atoms with Crippen LogP contribution < -0.4 is 5.76 Å². The minimum atomic E-state index is -0.562. The third kappa shape index (κ3) is 1.35. The Morgan fingerprint density at radius 1 is 1.54 bits per heavy atom. The van der Waals surface area contributed by atoms with Gasteiger partial charge in [-0.15, -0.1) is 11.8 Å². The van der Waals surface area contributed by atoms with Crippen LogP contribution in [-0.2, 0) is 0 Å². The van der Waals surface area contributed by atoms with Crippen LogP contribution in [0.2, 0.25) is 0 Å². The minimum absolute atomic E-state index is 0.350. The fourth-order valence-corrected chi connectivity index (χ4v) is 1.59. The van der Waals surface area contributed by atoms with Crippen LogP contribution in [0, 0.1) is 5.82 Å². The molecule has 1 heterocycles. The van der Waals surface area contributed by atoms with E-state index in [9.17, 15) is 9.18 Å². The zero-order chi connectivity index (χ0) is 9.42. The van der Waals surface area contributed by atoms with Crippen molar-refractivity contribution in [1.29, 1.82) is 0 Å². The Morgan fingerprint density at radius 2 is 2.31 bits per heavy atom. The highest BCUT2D eigenvalue weighted by Crippen LogP contribution is 2.23. The van der Waals surface area contributed by atoms with E-state index in [-0.39, 0.29) is 5.82 Å². The van der Waals surface area contributed by atoms with Crippen molar-refractivity contribution in [1.82, 2.24) is 4.98 Å². The Balaban J connectivity index is 2.80. The van der Waals surface area contributed by atoms with Crippen molar-refractivity contribution in [3.8, 4) is 0 Å². The molecule has 0 radical (unpaired) electrons. The summed E-state index contributed by atoms with van der Waals surface area (Å²) in [5.74, 6) is -0.912. The van der Waals surface area contributed by atoms with Crippen LogP contribution in [0.3, 0.4) is 0 Å². The van der Waals surface area contributed by atoms with Gasteiger partial charge in [0.25, 0.3) is 0 Å². The third-order valence-corrected chi connectivity index (χ3v) is 2.45. The monoisotopic (exact) mass is 199 g/mol. The van der Waals surface area contributed by atoms with E-state index in [0.717, 1.165) is 0 Å². The maximum Gasteiger partial charge on any atom is 0.417 e. The van der Waals surface area contributed by atoms with Crippen molar-refractivity contribution in [3.05, 3.63) is 28.5 Å². The summed E-state index contributed by atoms with van der Waals surface area (Å²) in [4.78, 5) is 13.6. The average molecular weight is 199 g/mol. The molecule has 68 valence electrons. The number of benzene rings is 1. The number of hydrogen-bond acceptors (Lipinski definition) is 3. The van der Waals surface area contributed by atoms with Gasteiger partial charge in [0.2, 0.25) is 0 Å². The van der Waals surface area contributed by atoms with Gasteiger partial charge in [0.05, 0.1) is 5.52 Å². The Morgan fingerprint density at radius 3 is 3.00 bits per heavy atom. The predicted molar refractivity (Wildman–Crippen MR) is 48.6 cm³/mol. The molecule has 2 rings (SSSR count). The zero-order valence-electron chi connectivity index (χ0n) is 6.76. The molecule has 0 aliphatic rings. The van der Waals surface area contributed by atoms with E-state index in [2.05, 4.69) is 4.98 Å². The second-order valence-corrected chi connectivity index (χ2v) is 3.35. The summed E-state index contributed by atoms with van der Waals surface area (Å²) in [6.45, 7) is 0. The summed E-state index contributed by atoms with van der Waals surface area (Å²) in [5.41, 5.74) is 0.774. The predicted octanol–water partition coefficient (Wildman–Crippen LogP) is 1.98. The number of fused-ring (bicyclic) bond motifs is 1. The molecule has 1 aromatic heterocycles. The van der Waals surface area contributed by atoms with E-state index < -0.39 is 5.76 Å². The van der Waals surface area contributed by atoms with Crippen LogP contribution in [0.25, 0.3) is 11.1 Å². The molecule has 0 unspecified atom stereocenters. The lowest BCUT2D eigenvalue weighted by molar-refractivity contribution is 0.552. The standard InChI is InChI=1S/C8H6FNO2S/c1-13-7-3-6-5(2-4(7)9)10-8(11)12-6/h2-3H,1H3,(H,10,11). The van der Waals surface area contributed by atoms with Gasteiger partial charge in [-0.05, 0) is 12.3 Å². The molecule has 0 saturated carbocycles. The van der Waals surface area contributed by atoms with E-state index >= 15 is 0 Å². The molecule has 0 bridgehead atoms.